The lowest BCUT2D eigenvalue weighted by atomic mass is 10.0. The monoisotopic (exact) mass is 519 g/mol. The lowest BCUT2D eigenvalue weighted by molar-refractivity contribution is 0.0649. The second kappa shape index (κ2) is 10.7. The van der Waals surface area contributed by atoms with Gasteiger partial charge < -0.3 is 15.5 Å². The molecule has 0 aliphatic heterocycles. The Bertz CT molecular complexity index is 1360. The fourth-order valence-electron chi connectivity index (χ4n) is 3.06. The van der Waals surface area contributed by atoms with Crippen molar-refractivity contribution in [1.82, 2.24) is 0 Å². The van der Waals surface area contributed by atoms with Crippen LogP contribution in [0.4, 0.5) is 5.69 Å². The van der Waals surface area contributed by atoms with Crippen molar-refractivity contribution in [1.29, 1.82) is 0 Å². The van der Waals surface area contributed by atoms with Crippen LogP contribution in [0.15, 0.2) is 76.5 Å². The molecule has 3 aromatic carbocycles. The summed E-state index contributed by atoms with van der Waals surface area (Å²) in [5.74, 6) is -3.79. The Morgan fingerprint density at radius 2 is 1.50 bits per heavy atom. The molecule has 11 heteroatoms. The average molecular weight is 520 g/mol. The van der Waals surface area contributed by atoms with Gasteiger partial charge in [-0.25, -0.2) is 18.0 Å². The lowest BCUT2D eigenvalue weighted by Gasteiger charge is -2.13. The Kier molecular flexibility index (Phi) is 7.98. The van der Waals surface area contributed by atoms with Gasteiger partial charge in [-0.3, -0.25) is 4.79 Å². The van der Waals surface area contributed by atoms with Crippen molar-refractivity contribution in [3.8, 4) is 0 Å². The minimum atomic E-state index is -3.54. The van der Waals surface area contributed by atoms with E-state index in [2.05, 4.69) is 5.32 Å². The van der Waals surface area contributed by atoms with Crippen LogP contribution in [-0.2, 0) is 9.84 Å². The number of benzene rings is 3. The molecule has 0 fully saturated rings. The van der Waals surface area contributed by atoms with Crippen molar-refractivity contribution >= 4 is 56.7 Å². The first-order valence-electron chi connectivity index (χ1n) is 9.71. The topological polar surface area (TPSA) is 138 Å². The normalized spacial score (nSPS) is 11.1. The Balaban J connectivity index is 1.77. The van der Waals surface area contributed by atoms with E-state index in [0.717, 1.165) is 6.07 Å². The van der Waals surface area contributed by atoms with E-state index in [0.29, 0.717) is 15.6 Å². The van der Waals surface area contributed by atoms with Crippen molar-refractivity contribution in [3.63, 3.8) is 0 Å². The summed E-state index contributed by atoms with van der Waals surface area (Å²) < 4.78 is 25.1. The third-order valence-electron chi connectivity index (χ3n) is 4.67. The van der Waals surface area contributed by atoms with Crippen LogP contribution in [0, 0.1) is 0 Å². The highest BCUT2D eigenvalue weighted by molar-refractivity contribution is 8.00. The zero-order chi connectivity index (χ0) is 24.9. The van der Waals surface area contributed by atoms with Crippen LogP contribution in [0.5, 0.6) is 0 Å². The van der Waals surface area contributed by atoms with Gasteiger partial charge in [0, 0.05) is 15.7 Å². The molecule has 0 unspecified atom stereocenters. The van der Waals surface area contributed by atoms with Crippen LogP contribution < -0.4 is 5.32 Å². The maximum atomic E-state index is 12.8. The number of rotatable bonds is 9. The van der Waals surface area contributed by atoms with E-state index in [1.54, 1.807) is 24.3 Å². The number of carboxylic acid groups (broad SMARTS) is 2. The highest BCUT2D eigenvalue weighted by Crippen LogP contribution is 2.29. The van der Waals surface area contributed by atoms with E-state index in [1.165, 1.54) is 48.2 Å². The Morgan fingerprint density at radius 1 is 0.853 bits per heavy atom. The van der Waals surface area contributed by atoms with E-state index >= 15 is 0 Å². The van der Waals surface area contributed by atoms with Crippen LogP contribution in [0.25, 0.3) is 0 Å². The molecule has 0 aromatic heterocycles. The van der Waals surface area contributed by atoms with Crippen molar-refractivity contribution in [2.45, 2.75) is 9.79 Å². The van der Waals surface area contributed by atoms with Gasteiger partial charge >= 0.3 is 11.9 Å². The second-order valence-electron chi connectivity index (χ2n) is 6.91. The molecule has 0 aliphatic carbocycles. The highest BCUT2D eigenvalue weighted by atomic mass is 35.5. The first-order valence-corrected chi connectivity index (χ1v) is 12.7. The molecule has 0 bridgehead atoms. The molecular weight excluding hydrogens is 502 g/mol. The summed E-state index contributed by atoms with van der Waals surface area (Å²) in [5, 5.41) is 21.7. The van der Waals surface area contributed by atoms with Gasteiger partial charge in [0.15, 0.2) is 9.84 Å². The van der Waals surface area contributed by atoms with Gasteiger partial charge in [0.05, 0.1) is 33.0 Å². The Labute approximate surface area is 204 Å². The molecule has 176 valence electrons. The molecule has 34 heavy (non-hydrogen) atoms. The van der Waals surface area contributed by atoms with Crippen molar-refractivity contribution in [2.75, 3.05) is 16.8 Å². The fourth-order valence-corrected chi connectivity index (χ4v) is 5.85. The number of carbonyl (C=O) groups excluding carboxylic acids is 1. The molecule has 0 atom stereocenters. The quantitative estimate of drug-likeness (QED) is 0.350. The molecule has 0 saturated carbocycles. The first-order chi connectivity index (χ1) is 16.1. The van der Waals surface area contributed by atoms with E-state index < -0.39 is 38.8 Å². The summed E-state index contributed by atoms with van der Waals surface area (Å²) in [6, 6.07) is 16.1. The summed E-state index contributed by atoms with van der Waals surface area (Å²) in [5.41, 5.74) is -1.10. The maximum Gasteiger partial charge on any atom is 0.337 e. The van der Waals surface area contributed by atoms with Gasteiger partial charge in [0.25, 0.3) is 5.91 Å². The Hall–Kier alpha value is -3.34. The molecule has 0 heterocycles. The second-order valence-corrected chi connectivity index (χ2v) is 10.6. The summed E-state index contributed by atoms with van der Waals surface area (Å²) in [4.78, 5) is 36.6. The number of sulfone groups is 1. The van der Waals surface area contributed by atoms with E-state index in [-0.39, 0.29) is 22.0 Å². The third kappa shape index (κ3) is 5.96. The summed E-state index contributed by atoms with van der Waals surface area (Å²) in [7, 11) is -3.54. The number of para-hydroxylation sites is 1. The van der Waals surface area contributed by atoms with Crippen LogP contribution in [-0.4, -0.2) is 48.0 Å². The Morgan fingerprint density at radius 3 is 2.15 bits per heavy atom. The molecule has 3 N–H and O–H groups in total. The molecule has 8 nitrogen and oxygen atoms in total. The minimum absolute atomic E-state index is 0.151. The van der Waals surface area contributed by atoms with Crippen molar-refractivity contribution in [3.05, 3.63) is 88.4 Å². The van der Waals surface area contributed by atoms with E-state index in [4.69, 9.17) is 11.6 Å². The highest BCUT2D eigenvalue weighted by Gasteiger charge is 2.24. The number of carboxylic acids is 2. The smallest absolute Gasteiger partial charge is 0.337 e. The lowest BCUT2D eigenvalue weighted by Crippen LogP contribution is -2.20. The molecule has 0 saturated heterocycles. The van der Waals surface area contributed by atoms with Gasteiger partial charge in [-0.05, 0) is 48.5 Å². The first kappa shape index (κ1) is 25.3. The molecule has 1 amide bonds. The predicted molar refractivity (Wildman–Crippen MR) is 129 cm³/mol. The summed E-state index contributed by atoms with van der Waals surface area (Å²) in [6.07, 6.45) is 0. The molecule has 0 radical (unpaired) electrons. The average Bonchev–Trinajstić information content (AvgIpc) is 2.79. The largest absolute Gasteiger partial charge is 0.478 e. The number of nitrogens with one attached hydrogen (secondary N) is 1. The zero-order valence-corrected chi connectivity index (χ0v) is 19.8. The maximum absolute atomic E-state index is 12.8. The van der Waals surface area contributed by atoms with Crippen LogP contribution in [0.3, 0.4) is 0 Å². The molecule has 0 spiro atoms. The van der Waals surface area contributed by atoms with E-state index in [1.807, 2.05) is 0 Å². The standard InChI is InChI=1S/C23H18ClNO7S2/c24-14-8-10-15(11-9-14)34(31,32)13-12-33-19-7-2-1-6-18(19)25-21(26)16-4-3-5-17(22(27)28)20(16)23(29)30/h1-11H,12-13H2,(H,25,26)(H,27,28)(H,29,30). The molecule has 3 rings (SSSR count). The van der Waals surface area contributed by atoms with Gasteiger partial charge in [0.2, 0.25) is 0 Å². The van der Waals surface area contributed by atoms with Gasteiger partial charge in [-0.1, -0.05) is 29.8 Å². The van der Waals surface area contributed by atoms with Crippen LogP contribution in [0.1, 0.15) is 31.1 Å². The summed E-state index contributed by atoms with van der Waals surface area (Å²) in [6.45, 7) is 0. The van der Waals surface area contributed by atoms with Crippen molar-refractivity contribution in [2.24, 2.45) is 0 Å². The predicted octanol–water partition coefficient (Wildman–Crippen LogP) is 4.55. The van der Waals surface area contributed by atoms with Gasteiger partial charge in [-0.15, -0.1) is 11.8 Å². The number of carbonyl (C=O) groups is 3. The number of anilines is 1. The van der Waals surface area contributed by atoms with Crippen LogP contribution in [0.2, 0.25) is 5.02 Å². The zero-order valence-electron chi connectivity index (χ0n) is 17.4. The third-order valence-corrected chi connectivity index (χ3v) is 7.99. The number of hydrogen-bond acceptors (Lipinski definition) is 6. The molecular formula is C23H18ClNO7S2. The molecule has 0 aliphatic rings. The number of thioether (sulfide) groups is 1. The van der Waals surface area contributed by atoms with Crippen molar-refractivity contribution < 1.29 is 33.0 Å². The summed E-state index contributed by atoms with van der Waals surface area (Å²) >= 11 is 7.00. The minimum Gasteiger partial charge on any atom is -0.478 e. The number of halogens is 1. The van der Waals surface area contributed by atoms with Gasteiger partial charge in [-0.2, -0.15) is 0 Å². The number of aromatic carboxylic acids is 2. The van der Waals surface area contributed by atoms with Gasteiger partial charge in [0.1, 0.15) is 0 Å². The SMILES string of the molecule is O=C(O)c1cccc(C(=O)Nc2ccccc2SCCS(=O)(=O)c2ccc(Cl)cc2)c1C(=O)O. The van der Waals surface area contributed by atoms with E-state index in [9.17, 15) is 33.0 Å². The fraction of sp³-hybridized carbons (Fsp3) is 0.0870. The number of amides is 1. The molecule has 3 aromatic rings. The van der Waals surface area contributed by atoms with Crippen LogP contribution >= 0.6 is 23.4 Å². The number of hydrogen-bond donors (Lipinski definition) is 3.